The smallest absolute Gasteiger partial charge is 0.380 e. The fraction of sp³-hybridized carbons (Fsp3) is 0.519. The molecule has 10 heteroatoms. The van der Waals surface area contributed by atoms with Gasteiger partial charge in [-0.05, 0) is 54.5 Å². The number of nitrogens with zero attached hydrogens (tertiary/aromatic N) is 3. The van der Waals surface area contributed by atoms with Gasteiger partial charge in [0.2, 0.25) is 0 Å². The predicted molar refractivity (Wildman–Crippen MR) is 135 cm³/mol. The molecule has 1 N–H and O–H groups in total. The van der Waals surface area contributed by atoms with Gasteiger partial charge in [-0.15, -0.1) is 11.8 Å². The highest BCUT2D eigenvalue weighted by Gasteiger charge is 2.41. The number of likely N-dealkylation sites (tertiary alicyclic amines) is 1. The molecule has 37 heavy (non-hydrogen) atoms. The Hall–Kier alpha value is -2.43. The number of carbonyl (C=O) groups excluding carboxylic acids is 1. The molecule has 196 valence electrons. The number of H-pyrrole nitrogens is 1. The lowest BCUT2D eigenvalue weighted by Gasteiger charge is -2.23. The molecular formula is C27H29F3N4O2S. The quantitative estimate of drug-likeness (QED) is 0.464. The number of imidazole rings is 1. The number of nitrogens with one attached hydrogen (secondary N) is 1. The zero-order valence-corrected chi connectivity index (χ0v) is 21.2. The number of aromatic nitrogens is 3. The lowest BCUT2D eigenvalue weighted by Crippen LogP contribution is -2.34. The van der Waals surface area contributed by atoms with Crippen molar-refractivity contribution in [2.45, 2.75) is 54.8 Å². The number of aryl methyl sites for hydroxylation is 1. The number of aromatic amines is 1. The zero-order chi connectivity index (χ0) is 25.6. The topological polar surface area (TPSA) is 71.1 Å². The second-order valence-corrected chi connectivity index (χ2v) is 11.8. The van der Waals surface area contributed by atoms with E-state index in [9.17, 15) is 18.0 Å². The lowest BCUT2D eigenvalue weighted by molar-refractivity contribution is -0.136. The number of rotatable bonds is 7. The number of para-hydroxylation sites is 1. The van der Waals surface area contributed by atoms with Crippen molar-refractivity contribution in [3.05, 3.63) is 59.2 Å². The molecule has 0 radical (unpaired) electrons. The fourth-order valence-corrected chi connectivity index (χ4v) is 7.74. The third-order valence-electron chi connectivity index (χ3n) is 7.86. The number of ketones is 1. The Bertz CT molecular complexity index is 1290. The van der Waals surface area contributed by atoms with Crippen molar-refractivity contribution < 1.29 is 22.7 Å². The van der Waals surface area contributed by atoms with Crippen LogP contribution in [0, 0.1) is 5.92 Å². The third kappa shape index (κ3) is 5.15. The molecule has 6 rings (SSSR count). The van der Waals surface area contributed by atoms with Crippen molar-refractivity contribution in [3.63, 3.8) is 0 Å². The van der Waals surface area contributed by atoms with Crippen molar-refractivity contribution in [2.75, 3.05) is 26.3 Å². The molecular weight excluding hydrogens is 501 g/mol. The number of halogens is 3. The highest BCUT2D eigenvalue weighted by atomic mass is 32.2. The normalized spacial score (nSPS) is 26.2. The van der Waals surface area contributed by atoms with E-state index in [4.69, 9.17) is 4.74 Å². The summed E-state index contributed by atoms with van der Waals surface area (Å²) in [5.74, 6) is 0.464. The zero-order valence-electron chi connectivity index (χ0n) is 20.3. The minimum atomic E-state index is -4.49. The van der Waals surface area contributed by atoms with Crippen molar-refractivity contribution in [2.24, 2.45) is 5.92 Å². The highest BCUT2D eigenvalue weighted by molar-refractivity contribution is 8.00. The molecule has 4 heterocycles. The number of Topliss-reactive ketones (excluding diaryl/α,β-unsaturated/α-hetero) is 1. The van der Waals surface area contributed by atoms with Crippen LogP contribution in [0.1, 0.15) is 47.0 Å². The molecule has 6 nitrogen and oxygen atoms in total. The lowest BCUT2D eigenvalue weighted by atomic mass is 9.99. The van der Waals surface area contributed by atoms with Crippen LogP contribution in [0.5, 0.6) is 0 Å². The van der Waals surface area contributed by atoms with E-state index in [-0.39, 0.29) is 29.5 Å². The maximum absolute atomic E-state index is 13.4. The molecule has 0 saturated carbocycles. The van der Waals surface area contributed by atoms with Gasteiger partial charge in [0.1, 0.15) is 17.1 Å². The molecule has 0 bridgehead atoms. The first kappa shape index (κ1) is 24.9. The number of fused-ring (bicyclic) bond motifs is 2. The largest absolute Gasteiger partial charge is 0.418 e. The summed E-state index contributed by atoms with van der Waals surface area (Å²) in [6.07, 6.45) is 2.86. The van der Waals surface area contributed by atoms with E-state index in [0.717, 1.165) is 51.6 Å². The Morgan fingerprint density at radius 3 is 2.92 bits per heavy atom. The first-order chi connectivity index (χ1) is 17.8. The van der Waals surface area contributed by atoms with Crippen LogP contribution in [0.15, 0.2) is 36.7 Å². The number of hydrogen-bond donors (Lipinski definition) is 1. The summed E-state index contributed by atoms with van der Waals surface area (Å²) >= 11 is 1.96. The fourth-order valence-electron chi connectivity index (χ4n) is 6.03. The Labute approximate surface area is 217 Å². The summed E-state index contributed by atoms with van der Waals surface area (Å²) in [5.41, 5.74) is 2.05. The average Bonchev–Trinajstić information content (AvgIpc) is 3.65. The van der Waals surface area contributed by atoms with Crippen LogP contribution in [0.3, 0.4) is 0 Å². The Morgan fingerprint density at radius 2 is 2.11 bits per heavy atom. The molecule has 0 spiro atoms. The number of pyridine rings is 1. The van der Waals surface area contributed by atoms with Crippen LogP contribution in [-0.2, 0) is 28.5 Å². The number of carbonyl (C=O) groups is 1. The van der Waals surface area contributed by atoms with E-state index < -0.39 is 11.7 Å². The van der Waals surface area contributed by atoms with Crippen molar-refractivity contribution in [1.29, 1.82) is 0 Å². The summed E-state index contributed by atoms with van der Waals surface area (Å²) in [6.45, 7) is 3.26. The molecule has 1 aliphatic carbocycles. The molecule has 0 amide bonds. The number of benzene rings is 1. The van der Waals surface area contributed by atoms with E-state index >= 15 is 0 Å². The third-order valence-corrected chi connectivity index (χ3v) is 9.56. The number of ether oxygens (including phenoxy) is 1. The van der Waals surface area contributed by atoms with Gasteiger partial charge in [0.05, 0.1) is 24.1 Å². The predicted octanol–water partition coefficient (Wildman–Crippen LogP) is 4.99. The van der Waals surface area contributed by atoms with Crippen molar-refractivity contribution in [3.8, 4) is 0 Å². The summed E-state index contributed by atoms with van der Waals surface area (Å²) in [4.78, 5) is 27.1. The molecule has 3 aromatic rings. The number of hydrogen-bond acceptors (Lipinski definition) is 6. The Morgan fingerprint density at radius 1 is 1.22 bits per heavy atom. The van der Waals surface area contributed by atoms with Gasteiger partial charge in [-0.1, -0.05) is 6.07 Å². The molecule has 2 aromatic heterocycles. The van der Waals surface area contributed by atoms with E-state index in [0.29, 0.717) is 28.5 Å². The van der Waals surface area contributed by atoms with Gasteiger partial charge in [-0.25, -0.2) is 4.98 Å². The SMILES string of the molecule is O=C(Cc1nc2c(C(F)(F)F)cccc2[nH]1)CC1CN(C2CCOC2)C[C@@H]1SC1CCc2ccncc21. The van der Waals surface area contributed by atoms with Crippen LogP contribution < -0.4 is 0 Å². The van der Waals surface area contributed by atoms with E-state index in [1.165, 1.54) is 17.2 Å². The summed E-state index contributed by atoms with van der Waals surface area (Å²) in [6, 6.07) is 6.42. The summed E-state index contributed by atoms with van der Waals surface area (Å²) < 4.78 is 45.8. The minimum Gasteiger partial charge on any atom is -0.380 e. The minimum absolute atomic E-state index is 0.00113. The van der Waals surface area contributed by atoms with Crippen molar-refractivity contribution in [1.82, 2.24) is 19.9 Å². The van der Waals surface area contributed by atoms with Crippen LogP contribution in [-0.4, -0.2) is 63.2 Å². The maximum Gasteiger partial charge on any atom is 0.418 e. The van der Waals surface area contributed by atoms with E-state index in [1.807, 2.05) is 24.2 Å². The monoisotopic (exact) mass is 530 g/mol. The van der Waals surface area contributed by atoms with Gasteiger partial charge in [-0.3, -0.25) is 14.7 Å². The number of alkyl halides is 3. The van der Waals surface area contributed by atoms with Gasteiger partial charge in [-0.2, -0.15) is 13.2 Å². The summed E-state index contributed by atoms with van der Waals surface area (Å²) in [7, 11) is 0. The average molecular weight is 531 g/mol. The van der Waals surface area contributed by atoms with Gasteiger partial charge in [0, 0.05) is 55.1 Å². The van der Waals surface area contributed by atoms with Gasteiger partial charge >= 0.3 is 6.18 Å². The highest BCUT2D eigenvalue weighted by Crippen LogP contribution is 2.47. The van der Waals surface area contributed by atoms with Gasteiger partial charge < -0.3 is 9.72 Å². The molecule has 2 saturated heterocycles. The number of thioether (sulfide) groups is 1. The van der Waals surface area contributed by atoms with Crippen LogP contribution >= 0.6 is 11.8 Å². The first-order valence-electron chi connectivity index (χ1n) is 12.8. The summed E-state index contributed by atoms with van der Waals surface area (Å²) in [5, 5.41) is 0.676. The molecule has 1 aromatic carbocycles. The van der Waals surface area contributed by atoms with E-state index in [2.05, 4.69) is 25.9 Å². The van der Waals surface area contributed by atoms with Crippen LogP contribution in [0.2, 0.25) is 0 Å². The van der Waals surface area contributed by atoms with Crippen molar-refractivity contribution >= 4 is 28.6 Å². The van der Waals surface area contributed by atoms with E-state index in [1.54, 1.807) is 6.07 Å². The molecule has 4 atom stereocenters. The second kappa shape index (κ2) is 10.0. The first-order valence-corrected chi connectivity index (χ1v) is 13.8. The van der Waals surface area contributed by atoms with Crippen LogP contribution in [0.25, 0.3) is 11.0 Å². The standard InChI is InChI=1S/C27H29F3N4O2S/c28-27(29,30)21-2-1-3-22-26(21)33-25(32-22)11-19(35)10-17-13-34(18-7-9-36-15-18)14-24(17)37-23-5-4-16-6-8-31-12-20(16)23/h1-3,6,8,12,17-18,23-24H,4-5,7,9-11,13-15H2,(H,32,33)/t17?,18?,23?,24-/m0/s1. The van der Waals surface area contributed by atoms with Gasteiger partial charge in [0.25, 0.3) is 0 Å². The van der Waals surface area contributed by atoms with Gasteiger partial charge in [0.15, 0.2) is 0 Å². The molecule has 3 aliphatic rings. The molecule has 2 fully saturated rings. The molecule has 3 unspecified atom stereocenters. The second-order valence-electron chi connectivity index (χ2n) is 10.3. The maximum atomic E-state index is 13.4. The Kier molecular flexibility index (Phi) is 6.75. The molecule has 2 aliphatic heterocycles. The Balaban J connectivity index is 1.17. The van der Waals surface area contributed by atoms with Crippen LogP contribution in [0.4, 0.5) is 13.2 Å².